The van der Waals surface area contributed by atoms with E-state index in [1.165, 1.54) is 36.8 Å². The maximum Gasteiger partial charge on any atom is 0.573 e. The first-order valence-electron chi connectivity index (χ1n) is 5.94. The second kappa shape index (κ2) is 5.01. The maximum absolute atomic E-state index is 12.3. The van der Waals surface area contributed by atoms with Crippen molar-refractivity contribution in [1.29, 1.82) is 0 Å². The number of alkyl halides is 3. The fourth-order valence-corrected chi connectivity index (χ4v) is 1.97. The normalized spacial score (nSPS) is 11.6. The van der Waals surface area contributed by atoms with Crippen LogP contribution in [0.5, 0.6) is 5.75 Å². The molecule has 0 spiro atoms. The van der Waals surface area contributed by atoms with Crippen LogP contribution in [0, 0.1) is 0 Å². The molecule has 0 aliphatic carbocycles. The highest BCUT2D eigenvalue weighted by Gasteiger charge is 2.31. The molecule has 0 unspecified atom stereocenters. The van der Waals surface area contributed by atoms with Crippen molar-refractivity contribution in [1.82, 2.24) is 15.0 Å². The summed E-state index contributed by atoms with van der Waals surface area (Å²) >= 11 is 0. The van der Waals surface area contributed by atoms with E-state index in [9.17, 15) is 13.2 Å². The van der Waals surface area contributed by atoms with Gasteiger partial charge < -0.3 is 4.74 Å². The number of hydrogen-bond donors (Lipinski definition) is 0. The van der Waals surface area contributed by atoms with Crippen LogP contribution in [-0.2, 0) is 0 Å². The fraction of sp³-hybridized carbons (Fsp3) is 0.0714. The Morgan fingerprint density at radius 1 is 1.00 bits per heavy atom. The van der Waals surface area contributed by atoms with E-state index in [2.05, 4.69) is 19.7 Å². The van der Waals surface area contributed by atoms with Gasteiger partial charge in [0.05, 0.1) is 11.7 Å². The summed E-state index contributed by atoms with van der Waals surface area (Å²) in [5.74, 6) is -0.291. The molecule has 2 aromatic heterocycles. The number of rotatable bonds is 2. The molecule has 0 atom stereocenters. The largest absolute Gasteiger partial charge is 0.573 e. The van der Waals surface area contributed by atoms with Crippen LogP contribution in [0.2, 0.25) is 0 Å². The van der Waals surface area contributed by atoms with E-state index in [-0.39, 0.29) is 5.75 Å². The number of hydrogen-bond acceptors (Lipinski definition) is 4. The zero-order valence-corrected chi connectivity index (χ0v) is 10.5. The van der Waals surface area contributed by atoms with Gasteiger partial charge in [-0.15, -0.1) is 13.2 Å². The first-order valence-corrected chi connectivity index (χ1v) is 5.94. The van der Waals surface area contributed by atoms with Crippen molar-refractivity contribution in [2.45, 2.75) is 6.36 Å². The lowest BCUT2D eigenvalue weighted by Gasteiger charge is -2.10. The van der Waals surface area contributed by atoms with Crippen LogP contribution in [0.4, 0.5) is 13.2 Å². The molecule has 0 radical (unpaired) electrons. The highest BCUT2D eigenvalue weighted by Crippen LogP contribution is 2.30. The van der Waals surface area contributed by atoms with E-state index in [1.54, 1.807) is 12.3 Å². The lowest BCUT2D eigenvalue weighted by Crippen LogP contribution is -2.17. The lowest BCUT2D eigenvalue weighted by molar-refractivity contribution is -0.274. The molecule has 21 heavy (non-hydrogen) atoms. The van der Waals surface area contributed by atoms with Gasteiger partial charge in [-0.3, -0.25) is 15.0 Å². The third-order valence-corrected chi connectivity index (χ3v) is 2.76. The van der Waals surface area contributed by atoms with Gasteiger partial charge in [-0.25, -0.2) is 0 Å². The molecule has 7 heteroatoms. The summed E-state index contributed by atoms with van der Waals surface area (Å²) in [5.41, 5.74) is 2.25. The van der Waals surface area contributed by atoms with Crippen molar-refractivity contribution in [2.75, 3.05) is 0 Å². The molecule has 3 aromatic rings. The monoisotopic (exact) mass is 291 g/mol. The zero-order valence-electron chi connectivity index (χ0n) is 10.5. The zero-order chi connectivity index (χ0) is 14.9. The van der Waals surface area contributed by atoms with E-state index < -0.39 is 6.36 Å². The van der Waals surface area contributed by atoms with Crippen molar-refractivity contribution >= 4 is 11.0 Å². The Hall–Kier alpha value is -2.70. The van der Waals surface area contributed by atoms with Crippen molar-refractivity contribution in [3.63, 3.8) is 0 Å². The van der Waals surface area contributed by atoms with Crippen LogP contribution in [0.1, 0.15) is 0 Å². The highest BCUT2D eigenvalue weighted by molar-refractivity contribution is 5.90. The maximum atomic E-state index is 12.3. The number of benzene rings is 1. The quantitative estimate of drug-likeness (QED) is 0.724. The Labute approximate surface area is 117 Å². The number of aromatic nitrogens is 3. The number of halogens is 3. The summed E-state index contributed by atoms with van der Waals surface area (Å²) in [7, 11) is 0. The first kappa shape index (κ1) is 13.3. The molecular formula is C14H8F3N3O. The Morgan fingerprint density at radius 2 is 1.81 bits per heavy atom. The molecule has 0 saturated carbocycles. The van der Waals surface area contributed by atoms with Crippen LogP contribution < -0.4 is 4.74 Å². The van der Waals surface area contributed by atoms with Gasteiger partial charge in [-0.05, 0) is 17.7 Å². The smallest absolute Gasteiger partial charge is 0.406 e. The first-order chi connectivity index (χ1) is 10.0. The molecule has 0 N–H and O–H groups in total. The van der Waals surface area contributed by atoms with Gasteiger partial charge in [-0.1, -0.05) is 12.1 Å². The van der Waals surface area contributed by atoms with Crippen molar-refractivity contribution in [3.05, 3.63) is 49.1 Å². The van der Waals surface area contributed by atoms with Gasteiger partial charge in [0.15, 0.2) is 0 Å². The van der Waals surface area contributed by atoms with E-state index in [0.717, 1.165) is 0 Å². The second-order valence-electron chi connectivity index (χ2n) is 4.19. The van der Waals surface area contributed by atoms with Crippen LogP contribution in [0.3, 0.4) is 0 Å². The minimum atomic E-state index is -4.73. The van der Waals surface area contributed by atoms with E-state index in [0.29, 0.717) is 22.2 Å². The molecular weight excluding hydrogens is 283 g/mol. The topological polar surface area (TPSA) is 47.9 Å². The van der Waals surface area contributed by atoms with Gasteiger partial charge in [0.1, 0.15) is 11.3 Å². The van der Waals surface area contributed by atoms with Crippen molar-refractivity contribution < 1.29 is 17.9 Å². The lowest BCUT2D eigenvalue weighted by atomic mass is 10.1. The number of pyridine rings is 1. The summed E-state index contributed by atoms with van der Waals surface area (Å²) in [4.78, 5) is 12.3. The minimum Gasteiger partial charge on any atom is -0.406 e. The predicted molar refractivity (Wildman–Crippen MR) is 69.5 cm³/mol. The van der Waals surface area contributed by atoms with Gasteiger partial charge in [0.25, 0.3) is 0 Å². The molecule has 4 nitrogen and oxygen atoms in total. The molecule has 0 aliphatic rings. The summed E-state index contributed by atoms with van der Waals surface area (Å²) in [6, 6.07) is 5.67. The summed E-state index contributed by atoms with van der Waals surface area (Å²) in [6.45, 7) is 0. The standard InChI is InChI=1S/C14H8F3N3O/c15-14(16,17)21-10-3-1-2-9(6-10)11-7-18-8-12-13(11)20-5-4-19-12/h1-8H. The second-order valence-corrected chi connectivity index (χ2v) is 4.19. The van der Waals surface area contributed by atoms with Gasteiger partial charge in [0.2, 0.25) is 0 Å². The van der Waals surface area contributed by atoms with Crippen LogP contribution >= 0.6 is 0 Å². The molecule has 106 valence electrons. The molecule has 2 heterocycles. The minimum absolute atomic E-state index is 0.291. The molecule has 0 aliphatic heterocycles. The molecule has 0 amide bonds. The molecule has 3 rings (SSSR count). The van der Waals surface area contributed by atoms with Crippen LogP contribution in [0.15, 0.2) is 49.1 Å². The summed E-state index contributed by atoms with van der Waals surface area (Å²) in [6.07, 6.45) is 1.39. The van der Waals surface area contributed by atoms with Crippen molar-refractivity contribution in [2.24, 2.45) is 0 Å². The third-order valence-electron chi connectivity index (χ3n) is 2.76. The van der Waals surface area contributed by atoms with Gasteiger partial charge in [-0.2, -0.15) is 0 Å². The number of ether oxygens (including phenoxy) is 1. The van der Waals surface area contributed by atoms with Crippen LogP contribution in [0.25, 0.3) is 22.2 Å². The average molecular weight is 291 g/mol. The van der Waals surface area contributed by atoms with E-state index >= 15 is 0 Å². The SMILES string of the molecule is FC(F)(F)Oc1cccc(-c2cncc3nccnc23)c1. The number of fused-ring (bicyclic) bond motifs is 1. The van der Waals surface area contributed by atoms with E-state index in [1.807, 2.05) is 0 Å². The molecule has 0 fully saturated rings. The highest BCUT2D eigenvalue weighted by atomic mass is 19.4. The van der Waals surface area contributed by atoms with Gasteiger partial charge >= 0.3 is 6.36 Å². The fourth-order valence-electron chi connectivity index (χ4n) is 1.97. The Kier molecular flexibility index (Phi) is 3.17. The van der Waals surface area contributed by atoms with Crippen molar-refractivity contribution in [3.8, 4) is 16.9 Å². The average Bonchev–Trinajstić information content (AvgIpc) is 2.45. The summed E-state index contributed by atoms with van der Waals surface area (Å²) < 4.78 is 40.7. The van der Waals surface area contributed by atoms with Crippen LogP contribution in [-0.4, -0.2) is 21.3 Å². The summed E-state index contributed by atoms with van der Waals surface area (Å²) in [5, 5.41) is 0. The third kappa shape index (κ3) is 2.91. The Bertz CT molecular complexity index is 784. The Balaban J connectivity index is 2.09. The molecule has 0 bridgehead atoms. The number of nitrogens with zero attached hydrogens (tertiary/aromatic N) is 3. The predicted octanol–water partition coefficient (Wildman–Crippen LogP) is 3.59. The van der Waals surface area contributed by atoms with Gasteiger partial charge in [0, 0.05) is 24.2 Å². The van der Waals surface area contributed by atoms with E-state index in [4.69, 9.17) is 0 Å². The Morgan fingerprint density at radius 3 is 2.62 bits per heavy atom. The molecule has 1 aromatic carbocycles. The molecule has 0 saturated heterocycles.